The molecular formula is C16H23NO. The molecule has 0 aliphatic carbocycles. The fourth-order valence-corrected chi connectivity index (χ4v) is 2.70. The van der Waals surface area contributed by atoms with Crippen molar-refractivity contribution < 1.29 is 4.79 Å². The van der Waals surface area contributed by atoms with Gasteiger partial charge < -0.3 is 4.90 Å². The molecule has 2 rings (SSSR count). The summed E-state index contributed by atoms with van der Waals surface area (Å²) in [4.78, 5) is 14.0. The highest BCUT2D eigenvalue weighted by Gasteiger charge is 2.18. The van der Waals surface area contributed by atoms with Gasteiger partial charge in [-0.3, -0.25) is 4.79 Å². The minimum absolute atomic E-state index is 0.228. The summed E-state index contributed by atoms with van der Waals surface area (Å²) in [5.74, 6) is 1.06. The Bertz CT molecular complexity index is 396. The highest BCUT2D eigenvalue weighted by Crippen LogP contribution is 2.25. The predicted octanol–water partition coefficient (Wildman–Crippen LogP) is 3.91. The summed E-state index contributed by atoms with van der Waals surface area (Å²) < 4.78 is 0. The molecule has 0 spiro atoms. The van der Waals surface area contributed by atoms with E-state index in [4.69, 9.17) is 0 Å². The second-order valence-corrected chi connectivity index (χ2v) is 5.19. The second kappa shape index (κ2) is 6.03. The molecule has 1 fully saturated rings. The van der Waals surface area contributed by atoms with E-state index >= 15 is 0 Å². The molecule has 0 N–H and O–H groups in total. The Morgan fingerprint density at radius 2 is 2.00 bits per heavy atom. The van der Waals surface area contributed by atoms with Gasteiger partial charge in [-0.2, -0.15) is 0 Å². The van der Waals surface area contributed by atoms with E-state index in [1.54, 1.807) is 0 Å². The van der Waals surface area contributed by atoms with Crippen molar-refractivity contribution in [3.8, 4) is 0 Å². The minimum atomic E-state index is 0.228. The molecule has 0 amide bonds. The van der Waals surface area contributed by atoms with Crippen molar-refractivity contribution in [1.82, 2.24) is 0 Å². The smallest absolute Gasteiger partial charge is 0.162 e. The van der Waals surface area contributed by atoms with Gasteiger partial charge in [0.1, 0.15) is 0 Å². The van der Waals surface area contributed by atoms with E-state index in [1.807, 2.05) is 19.1 Å². The van der Waals surface area contributed by atoms with Crippen LogP contribution in [0, 0.1) is 5.92 Å². The topological polar surface area (TPSA) is 20.3 Å². The zero-order valence-electron chi connectivity index (χ0n) is 11.5. The van der Waals surface area contributed by atoms with Crippen LogP contribution in [-0.2, 0) is 0 Å². The third-order valence-electron chi connectivity index (χ3n) is 3.97. The van der Waals surface area contributed by atoms with Crippen molar-refractivity contribution >= 4 is 11.5 Å². The molecule has 2 heteroatoms. The van der Waals surface area contributed by atoms with E-state index < -0.39 is 0 Å². The number of piperidine rings is 1. The summed E-state index contributed by atoms with van der Waals surface area (Å²) in [5.41, 5.74) is 2.10. The molecule has 18 heavy (non-hydrogen) atoms. The van der Waals surface area contributed by atoms with Gasteiger partial charge in [0.05, 0.1) is 0 Å². The number of nitrogens with zero attached hydrogens (tertiary/aromatic N) is 1. The van der Waals surface area contributed by atoms with Gasteiger partial charge in [-0.15, -0.1) is 0 Å². The number of carbonyl (C=O) groups is 1. The minimum Gasteiger partial charge on any atom is -0.371 e. The lowest BCUT2D eigenvalue weighted by Crippen LogP contribution is -2.35. The zero-order valence-corrected chi connectivity index (χ0v) is 11.5. The largest absolute Gasteiger partial charge is 0.371 e. The molecule has 1 atom stereocenters. The van der Waals surface area contributed by atoms with Gasteiger partial charge in [0.25, 0.3) is 0 Å². The fraction of sp³-hybridized carbons (Fsp3) is 0.562. The number of benzene rings is 1. The quantitative estimate of drug-likeness (QED) is 0.750. The lowest BCUT2D eigenvalue weighted by atomic mass is 9.95. The lowest BCUT2D eigenvalue weighted by molar-refractivity contribution is 0.0988. The molecule has 0 aromatic heterocycles. The number of hydrogen-bond acceptors (Lipinski definition) is 2. The molecule has 98 valence electrons. The molecule has 1 unspecified atom stereocenters. The van der Waals surface area contributed by atoms with Crippen molar-refractivity contribution in [3.63, 3.8) is 0 Å². The van der Waals surface area contributed by atoms with Crippen LogP contribution in [0.1, 0.15) is 49.9 Å². The van der Waals surface area contributed by atoms with E-state index in [1.165, 1.54) is 24.9 Å². The average Bonchev–Trinajstić information content (AvgIpc) is 2.46. The van der Waals surface area contributed by atoms with Crippen LogP contribution < -0.4 is 4.90 Å². The maximum Gasteiger partial charge on any atom is 0.162 e. The summed E-state index contributed by atoms with van der Waals surface area (Å²) in [6, 6.07) is 8.13. The van der Waals surface area contributed by atoms with Crippen LogP contribution >= 0.6 is 0 Å². The highest BCUT2D eigenvalue weighted by atomic mass is 16.1. The molecule has 0 bridgehead atoms. The van der Waals surface area contributed by atoms with Gasteiger partial charge in [-0.05, 0) is 43.0 Å². The molecule has 0 saturated carbocycles. The number of carbonyl (C=O) groups excluding carboxylic acids is 1. The number of ketones is 1. The SMILES string of the molecule is CCC(=O)c1ccc(N2CCCC(CC)C2)cc1. The molecule has 2 nitrogen and oxygen atoms in total. The molecule has 1 saturated heterocycles. The summed E-state index contributed by atoms with van der Waals surface area (Å²) in [6.45, 7) is 6.50. The van der Waals surface area contributed by atoms with Crippen LogP contribution in [0.4, 0.5) is 5.69 Å². The van der Waals surface area contributed by atoms with Gasteiger partial charge in [0.15, 0.2) is 5.78 Å². The van der Waals surface area contributed by atoms with Crippen molar-refractivity contribution in [1.29, 1.82) is 0 Å². The Hall–Kier alpha value is -1.31. The van der Waals surface area contributed by atoms with E-state index in [0.29, 0.717) is 6.42 Å². The molecule has 1 aliphatic heterocycles. The van der Waals surface area contributed by atoms with Crippen molar-refractivity contribution in [2.45, 2.75) is 39.5 Å². The van der Waals surface area contributed by atoms with E-state index in [2.05, 4.69) is 24.0 Å². The molecule has 1 aromatic rings. The summed E-state index contributed by atoms with van der Waals surface area (Å²) >= 11 is 0. The standard InChI is InChI=1S/C16H23NO/c1-3-13-6-5-11-17(12-13)15-9-7-14(8-10-15)16(18)4-2/h7-10,13H,3-6,11-12H2,1-2H3. The number of Topliss-reactive ketones (excluding diaryl/α,β-unsaturated/α-hetero) is 1. The first-order valence-corrected chi connectivity index (χ1v) is 7.12. The van der Waals surface area contributed by atoms with Crippen molar-refractivity contribution in [3.05, 3.63) is 29.8 Å². The third kappa shape index (κ3) is 2.92. The number of hydrogen-bond donors (Lipinski definition) is 0. The van der Waals surface area contributed by atoms with Gasteiger partial charge in [-0.1, -0.05) is 20.3 Å². The third-order valence-corrected chi connectivity index (χ3v) is 3.97. The summed E-state index contributed by atoms with van der Waals surface area (Å²) in [6.07, 6.45) is 4.50. The molecule has 1 aromatic carbocycles. The van der Waals surface area contributed by atoms with Gasteiger partial charge in [-0.25, -0.2) is 0 Å². The Morgan fingerprint density at radius 1 is 1.28 bits per heavy atom. The van der Waals surface area contributed by atoms with Crippen LogP contribution in [0.15, 0.2) is 24.3 Å². The first-order chi connectivity index (χ1) is 8.74. The van der Waals surface area contributed by atoms with Gasteiger partial charge in [0, 0.05) is 30.8 Å². The normalized spacial score (nSPS) is 19.9. The fourth-order valence-electron chi connectivity index (χ4n) is 2.70. The highest BCUT2D eigenvalue weighted by molar-refractivity contribution is 5.96. The maximum atomic E-state index is 11.6. The van der Waals surface area contributed by atoms with E-state index in [-0.39, 0.29) is 5.78 Å². The number of rotatable bonds is 4. The van der Waals surface area contributed by atoms with Crippen LogP contribution in [0.25, 0.3) is 0 Å². The van der Waals surface area contributed by atoms with E-state index in [0.717, 1.165) is 24.6 Å². The van der Waals surface area contributed by atoms with Crippen molar-refractivity contribution in [2.24, 2.45) is 5.92 Å². The van der Waals surface area contributed by atoms with Crippen molar-refractivity contribution in [2.75, 3.05) is 18.0 Å². The first kappa shape index (κ1) is 13.1. The van der Waals surface area contributed by atoms with E-state index in [9.17, 15) is 4.79 Å². The average molecular weight is 245 g/mol. The molecule has 1 aliphatic rings. The maximum absolute atomic E-state index is 11.6. The Kier molecular flexibility index (Phi) is 4.40. The second-order valence-electron chi connectivity index (χ2n) is 5.19. The van der Waals surface area contributed by atoms with Crippen LogP contribution in [0.5, 0.6) is 0 Å². The molecule has 1 heterocycles. The predicted molar refractivity (Wildman–Crippen MR) is 76.3 cm³/mol. The Morgan fingerprint density at radius 3 is 2.61 bits per heavy atom. The molecule has 0 radical (unpaired) electrons. The van der Waals surface area contributed by atoms with Gasteiger partial charge in [0.2, 0.25) is 0 Å². The summed E-state index contributed by atoms with van der Waals surface area (Å²) in [5, 5.41) is 0. The Labute approximate surface area is 110 Å². The van der Waals surface area contributed by atoms with Crippen LogP contribution in [0.3, 0.4) is 0 Å². The molecular weight excluding hydrogens is 222 g/mol. The lowest BCUT2D eigenvalue weighted by Gasteiger charge is -2.34. The van der Waals surface area contributed by atoms with Crippen LogP contribution in [0.2, 0.25) is 0 Å². The van der Waals surface area contributed by atoms with Gasteiger partial charge >= 0.3 is 0 Å². The number of anilines is 1. The Balaban J connectivity index is 2.07. The van der Waals surface area contributed by atoms with Crippen LogP contribution in [-0.4, -0.2) is 18.9 Å². The summed E-state index contributed by atoms with van der Waals surface area (Å²) in [7, 11) is 0. The zero-order chi connectivity index (χ0) is 13.0. The monoisotopic (exact) mass is 245 g/mol. The first-order valence-electron chi connectivity index (χ1n) is 7.12.